The summed E-state index contributed by atoms with van der Waals surface area (Å²) in [4.78, 5) is 13.1. The summed E-state index contributed by atoms with van der Waals surface area (Å²) in [5, 5.41) is 8.35. The number of nitrogens with two attached hydrogens (primary N) is 1. The van der Waals surface area contributed by atoms with Gasteiger partial charge in [0.25, 0.3) is 6.43 Å². The molecule has 74 valence electrons. The van der Waals surface area contributed by atoms with Crippen LogP contribution in [-0.2, 0) is 6.42 Å². The highest BCUT2D eigenvalue weighted by Gasteiger charge is 2.15. The first-order chi connectivity index (χ1) is 6.56. The zero-order valence-electron chi connectivity index (χ0n) is 7.05. The zero-order chi connectivity index (χ0) is 10.7. The van der Waals surface area contributed by atoms with Gasteiger partial charge in [-0.05, 0) is 0 Å². The van der Waals surface area contributed by atoms with Gasteiger partial charge >= 0.3 is 0 Å². The number of H-pyrrole nitrogens is 1. The van der Waals surface area contributed by atoms with Gasteiger partial charge in [-0.15, -0.1) is 0 Å². The van der Waals surface area contributed by atoms with Crippen LogP contribution in [0.5, 0.6) is 0 Å². The number of aromatic nitrogens is 1. The van der Waals surface area contributed by atoms with Crippen LogP contribution in [-0.4, -0.2) is 4.98 Å². The molecule has 1 heterocycles. The van der Waals surface area contributed by atoms with Crippen molar-refractivity contribution in [1.82, 2.24) is 4.98 Å². The van der Waals surface area contributed by atoms with Crippen LogP contribution in [0.15, 0.2) is 10.9 Å². The standard InChI is InChI=1S/C8H7F2N3O/c9-8(10)4-3-6(14)13-5(1-2-11)7(4)12/h3,8H,1,12H2,(H,13,14). The van der Waals surface area contributed by atoms with E-state index in [1.54, 1.807) is 6.07 Å². The molecule has 0 aliphatic rings. The number of nitrogens with zero attached hydrogens (tertiary/aromatic N) is 1. The molecule has 6 heteroatoms. The number of nitrogens with one attached hydrogen (secondary N) is 1. The second kappa shape index (κ2) is 3.87. The third-order valence-corrected chi connectivity index (χ3v) is 1.69. The van der Waals surface area contributed by atoms with Crippen molar-refractivity contribution in [2.45, 2.75) is 12.8 Å². The molecule has 1 aromatic heterocycles. The van der Waals surface area contributed by atoms with Gasteiger partial charge in [0.2, 0.25) is 5.56 Å². The summed E-state index contributed by atoms with van der Waals surface area (Å²) in [6, 6.07) is 2.46. The van der Waals surface area contributed by atoms with Crippen LogP contribution < -0.4 is 11.3 Å². The molecule has 1 rings (SSSR count). The monoisotopic (exact) mass is 199 g/mol. The molecule has 0 fully saturated rings. The van der Waals surface area contributed by atoms with Crippen LogP contribution in [0.4, 0.5) is 14.5 Å². The topological polar surface area (TPSA) is 82.7 Å². The number of hydrogen-bond acceptors (Lipinski definition) is 3. The van der Waals surface area contributed by atoms with E-state index in [-0.39, 0.29) is 17.8 Å². The third kappa shape index (κ3) is 1.88. The Kier molecular flexibility index (Phi) is 2.82. The molecule has 0 atom stereocenters. The Balaban J connectivity index is 3.34. The fraction of sp³-hybridized carbons (Fsp3) is 0.250. The van der Waals surface area contributed by atoms with E-state index in [1.807, 2.05) is 0 Å². The molecular weight excluding hydrogens is 192 g/mol. The molecule has 0 unspecified atom stereocenters. The van der Waals surface area contributed by atoms with Crippen LogP contribution in [0.25, 0.3) is 0 Å². The Hall–Kier alpha value is -1.90. The molecule has 0 radical (unpaired) electrons. The van der Waals surface area contributed by atoms with Crippen LogP contribution in [0.3, 0.4) is 0 Å². The van der Waals surface area contributed by atoms with E-state index in [1.165, 1.54) is 0 Å². The first-order valence-corrected chi connectivity index (χ1v) is 3.73. The van der Waals surface area contributed by atoms with E-state index in [0.29, 0.717) is 0 Å². The highest BCUT2D eigenvalue weighted by molar-refractivity contribution is 5.51. The number of nitriles is 1. The summed E-state index contributed by atoms with van der Waals surface area (Å²) in [6.07, 6.45) is -3.00. The van der Waals surface area contributed by atoms with Gasteiger partial charge in [-0.3, -0.25) is 4.79 Å². The second-order valence-electron chi connectivity index (χ2n) is 2.62. The van der Waals surface area contributed by atoms with Crippen molar-refractivity contribution < 1.29 is 8.78 Å². The Morgan fingerprint density at radius 3 is 2.79 bits per heavy atom. The van der Waals surface area contributed by atoms with Crippen LogP contribution >= 0.6 is 0 Å². The molecule has 1 aromatic rings. The predicted octanol–water partition coefficient (Wildman–Crippen LogP) is 0.961. The highest BCUT2D eigenvalue weighted by Crippen LogP contribution is 2.24. The van der Waals surface area contributed by atoms with E-state index >= 15 is 0 Å². The van der Waals surface area contributed by atoms with Crippen LogP contribution in [0.2, 0.25) is 0 Å². The van der Waals surface area contributed by atoms with Gasteiger partial charge < -0.3 is 10.7 Å². The van der Waals surface area contributed by atoms with Gasteiger partial charge in [0.05, 0.1) is 23.9 Å². The van der Waals surface area contributed by atoms with Gasteiger partial charge in [0.15, 0.2) is 0 Å². The van der Waals surface area contributed by atoms with Gasteiger partial charge in [0, 0.05) is 11.6 Å². The normalized spacial score (nSPS) is 10.1. The van der Waals surface area contributed by atoms with Crippen molar-refractivity contribution >= 4 is 5.69 Å². The molecule has 0 aromatic carbocycles. The number of nitrogen functional groups attached to an aromatic ring is 1. The van der Waals surface area contributed by atoms with E-state index in [9.17, 15) is 13.6 Å². The molecule has 0 spiro atoms. The molecule has 0 saturated carbocycles. The fourth-order valence-corrected chi connectivity index (χ4v) is 1.04. The lowest BCUT2D eigenvalue weighted by Gasteiger charge is -2.06. The summed E-state index contributed by atoms with van der Waals surface area (Å²) >= 11 is 0. The Morgan fingerprint density at radius 2 is 2.29 bits per heavy atom. The van der Waals surface area contributed by atoms with Crippen molar-refractivity contribution in [3.63, 3.8) is 0 Å². The first-order valence-electron chi connectivity index (χ1n) is 3.73. The van der Waals surface area contributed by atoms with Crippen molar-refractivity contribution in [2.75, 3.05) is 5.73 Å². The zero-order valence-corrected chi connectivity index (χ0v) is 7.05. The number of aromatic amines is 1. The molecule has 3 N–H and O–H groups in total. The van der Waals surface area contributed by atoms with E-state index in [2.05, 4.69) is 4.98 Å². The lowest BCUT2D eigenvalue weighted by atomic mass is 10.1. The summed E-state index contributed by atoms with van der Waals surface area (Å²) in [7, 11) is 0. The highest BCUT2D eigenvalue weighted by atomic mass is 19.3. The summed E-state index contributed by atoms with van der Waals surface area (Å²) in [6.45, 7) is 0. The van der Waals surface area contributed by atoms with Crippen LogP contribution in [0, 0.1) is 11.3 Å². The molecule has 14 heavy (non-hydrogen) atoms. The second-order valence-corrected chi connectivity index (χ2v) is 2.62. The first kappa shape index (κ1) is 10.2. The van der Waals surface area contributed by atoms with Gasteiger partial charge in [0.1, 0.15) is 0 Å². The summed E-state index contributed by atoms with van der Waals surface area (Å²) in [5.41, 5.74) is 3.94. The largest absolute Gasteiger partial charge is 0.397 e. The Labute approximate surface area is 78.0 Å². The fourth-order valence-electron chi connectivity index (χ4n) is 1.04. The van der Waals surface area contributed by atoms with E-state index < -0.39 is 17.5 Å². The Bertz CT molecular complexity index is 433. The Morgan fingerprint density at radius 1 is 1.64 bits per heavy atom. The SMILES string of the molecule is N#CCc1[nH]c(=O)cc(C(F)F)c1N. The minimum atomic E-state index is -2.81. The van der Waals surface area contributed by atoms with Crippen molar-refractivity contribution in [3.8, 4) is 6.07 Å². The number of rotatable bonds is 2. The van der Waals surface area contributed by atoms with Crippen molar-refractivity contribution in [2.24, 2.45) is 0 Å². The third-order valence-electron chi connectivity index (χ3n) is 1.69. The van der Waals surface area contributed by atoms with Crippen molar-refractivity contribution in [3.05, 3.63) is 27.7 Å². The van der Waals surface area contributed by atoms with E-state index in [0.717, 1.165) is 6.07 Å². The average molecular weight is 199 g/mol. The summed E-state index contributed by atoms with van der Waals surface area (Å²) in [5.74, 6) is 0. The maximum Gasteiger partial charge on any atom is 0.266 e. The molecule has 0 bridgehead atoms. The number of anilines is 1. The lowest BCUT2D eigenvalue weighted by molar-refractivity contribution is 0.152. The molecule has 0 aliphatic carbocycles. The predicted molar refractivity (Wildman–Crippen MR) is 45.7 cm³/mol. The molecule has 4 nitrogen and oxygen atoms in total. The minimum Gasteiger partial charge on any atom is -0.397 e. The number of pyridine rings is 1. The smallest absolute Gasteiger partial charge is 0.266 e. The molecular formula is C8H7F2N3O. The van der Waals surface area contributed by atoms with Crippen molar-refractivity contribution in [1.29, 1.82) is 5.26 Å². The number of alkyl halides is 2. The summed E-state index contributed by atoms with van der Waals surface area (Å²) < 4.78 is 24.6. The van der Waals surface area contributed by atoms with Crippen LogP contribution in [0.1, 0.15) is 17.7 Å². The number of halogens is 2. The maximum atomic E-state index is 12.3. The number of hydrogen-bond donors (Lipinski definition) is 2. The van der Waals surface area contributed by atoms with Gasteiger partial charge in [-0.2, -0.15) is 5.26 Å². The quantitative estimate of drug-likeness (QED) is 0.744. The average Bonchev–Trinajstić information content (AvgIpc) is 2.10. The molecule has 0 amide bonds. The maximum absolute atomic E-state index is 12.3. The van der Waals surface area contributed by atoms with Gasteiger partial charge in [-0.1, -0.05) is 0 Å². The minimum absolute atomic E-state index is 0.0373. The van der Waals surface area contributed by atoms with Gasteiger partial charge in [-0.25, -0.2) is 8.78 Å². The molecule has 0 saturated heterocycles. The lowest BCUT2D eigenvalue weighted by Crippen LogP contribution is -2.13. The van der Waals surface area contributed by atoms with E-state index in [4.69, 9.17) is 11.0 Å². The molecule has 0 aliphatic heterocycles.